The molecule has 1 aromatic heterocycles. The summed E-state index contributed by atoms with van der Waals surface area (Å²) < 4.78 is 60.3. The SMILES string of the molecule is COc1cc(-c2nn(-c3ccc(CCN4CCC(C(F)(F)F)CC4)cc3)c(=O)n2CC(=O)NC(C)C)ccc1F. The highest BCUT2D eigenvalue weighted by Gasteiger charge is 2.40. The van der Waals surface area contributed by atoms with Crippen molar-refractivity contribution >= 4 is 5.91 Å². The Kier molecular flexibility index (Phi) is 8.97. The summed E-state index contributed by atoms with van der Waals surface area (Å²) in [6, 6.07) is 11.1. The molecule has 2 aromatic carbocycles. The normalized spacial score (nSPS) is 15.0. The fourth-order valence-electron chi connectivity index (χ4n) is 4.81. The molecular formula is C28H33F4N5O3. The first kappa shape index (κ1) is 29.3. The van der Waals surface area contributed by atoms with Gasteiger partial charge in [-0.25, -0.2) is 9.18 Å². The van der Waals surface area contributed by atoms with E-state index in [2.05, 4.69) is 10.4 Å². The summed E-state index contributed by atoms with van der Waals surface area (Å²) >= 11 is 0. The summed E-state index contributed by atoms with van der Waals surface area (Å²) in [5.74, 6) is -2.02. The number of nitrogens with zero attached hydrogens (tertiary/aromatic N) is 4. The summed E-state index contributed by atoms with van der Waals surface area (Å²) in [7, 11) is 1.33. The molecule has 1 aliphatic heterocycles. The van der Waals surface area contributed by atoms with Crippen molar-refractivity contribution in [3.63, 3.8) is 0 Å². The number of benzene rings is 2. The first-order chi connectivity index (χ1) is 19.0. The fourth-order valence-corrected chi connectivity index (χ4v) is 4.81. The largest absolute Gasteiger partial charge is 0.494 e. The third-order valence-electron chi connectivity index (χ3n) is 6.97. The number of ether oxygens (including phenoxy) is 1. The monoisotopic (exact) mass is 563 g/mol. The molecule has 2 heterocycles. The molecule has 3 aromatic rings. The Morgan fingerprint density at radius 1 is 1.12 bits per heavy atom. The van der Waals surface area contributed by atoms with E-state index in [1.165, 1.54) is 34.6 Å². The van der Waals surface area contributed by atoms with Crippen LogP contribution in [0.1, 0.15) is 32.3 Å². The second kappa shape index (κ2) is 12.2. The van der Waals surface area contributed by atoms with E-state index in [-0.39, 0.29) is 42.9 Å². The lowest BCUT2D eigenvalue weighted by Gasteiger charge is -2.32. The molecule has 40 heavy (non-hydrogen) atoms. The quantitative estimate of drug-likeness (QED) is 0.395. The van der Waals surface area contributed by atoms with Gasteiger partial charge >= 0.3 is 11.9 Å². The van der Waals surface area contributed by atoms with Gasteiger partial charge in [0.15, 0.2) is 17.4 Å². The molecule has 4 rings (SSSR count). The topological polar surface area (TPSA) is 81.4 Å². The molecular weight excluding hydrogens is 530 g/mol. The average molecular weight is 564 g/mol. The lowest BCUT2D eigenvalue weighted by Crippen LogP contribution is -2.39. The highest BCUT2D eigenvalue weighted by atomic mass is 19.4. The Hall–Kier alpha value is -3.67. The molecule has 1 aliphatic rings. The minimum atomic E-state index is -4.13. The third kappa shape index (κ3) is 6.90. The number of nitrogens with one attached hydrogen (secondary N) is 1. The smallest absolute Gasteiger partial charge is 0.391 e. The van der Waals surface area contributed by atoms with Crippen molar-refractivity contribution in [3.05, 3.63) is 64.3 Å². The maximum absolute atomic E-state index is 14.0. The van der Waals surface area contributed by atoms with Gasteiger partial charge in [0.25, 0.3) is 0 Å². The summed E-state index contributed by atoms with van der Waals surface area (Å²) in [5, 5.41) is 7.23. The van der Waals surface area contributed by atoms with Crippen LogP contribution in [0.4, 0.5) is 17.6 Å². The Balaban J connectivity index is 1.54. The van der Waals surface area contributed by atoms with Gasteiger partial charge < -0.3 is 15.0 Å². The van der Waals surface area contributed by atoms with Crippen LogP contribution in [0.2, 0.25) is 0 Å². The van der Waals surface area contributed by atoms with Crippen molar-refractivity contribution in [2.75, 3.05) is 26.7 Å². The van der Waals surface area contributed by atoms with Gasteiger partial charge in [0.2, 0.25) is 5.91 Å². The number of amides is 1. The number of halogens is 4. The van der Waals surface area contributed by atoms with Crippen molar-refractivity contribution in [2.45, 2.75) is 51.9 Å². The molecule has 12 heteroatoms. The lowest BCUT2D eigenvalue weighted by atomic mass is 9.96. The summed E-state index contributed by atoms with van der Waals surface area (Å²) in [6.07, 6.45) is -3.25. The minimum absolute atomic E-state index is 0.0235. The molecule has 1 fully saturated rings. The van der Waals surface area contributed by atoms with Gasteiger partial charge in [-0.15, -0.1) is 5.10 Å². The number of hydrogen-bond acceptors (Lipinski definition) is 5. The van der Waals surface area contributed by atoms with Gasteiger partial charge in [-0.05, 0) is 82.1 Å². The maximum atomic E-state index is 14.0. The van der Waals surface area contributed by atoms with Gasteiger partial charge in [0.05, 0.1) is 18.7 Å². The van der Waals surface area contributed by atoms with Crippen LogP contribution in [0.15, 0.2) is 47.3 Å². The lowest BCUT2D eigenvalue weighted by molar-refractivity contribution is -0.185. The molecule has 0 spiro atoms. The van der Waals surface area contributed by atoms with Crippen LogP contribution in [0, 0.1) is 11.7 Å². The third-order valence-corrected chi connectivity index (χ3v) is 6.97. The number of hydrogen-bond donors (Lipinski definition) is 1. The second-order valence-electron chi connectivity index (χ2n) is 10.2. The highest BCUT2D eigenvalue weighted by Crippen LogP contribution is 2.34. The van der Waals surface area contributed by atoms with Gasteiger partial charge in [0, 0.05) is 18.2 Å². The number of rotatable bonds is 9. The van der Waals surface area contributed by atoms with Crippen molar-refractivity contribution in [3.8, 4) is 22.8 Å². The number of aromatic nitrogens is 3. The molecule has 0 bridgehead atoms. The Labute approximate surface area is 229 Å². The van der Waals surface area contributed by atoms with Crippen LogP contribution in [0.3, 0.4) is 0 Å². The van der Waals surface area contributed by atoms with Crippen LogP contribution in [-0.4, -0.2) is 64.1 Å². The molecule has 216 valence electrons. The predicted octanol–water partition coefficient (Wildman–Crippen LogP) is 4.19. The Bertz CT molecular complexity index is 1370. The molecule has 8 nitrogen and oxygen atoms in total. The number of methoxy groups -OCH3 is 1. The molecule has 0 saturated carbocycles. The number of piperidine rings is 1. The minimum Gasteiger partial charge on any atom is -0.494 e. The van der Waals surface area contributed by atoms with E-state index >= 15 is 0 Å². The van der Waals surface area contributed by atoms with E-state index in [4.69, 9.17) is 4.74 Å². The van der Waals surface area contributed by atoms with Crippen LogP contribution >= 0.6 is 0 Å². The van der Waals surface area contributed by atoms with Gasteiger partial charge in [-0.2, -0.15) is 17.9 Å². The van der Waals surface area contributed by atoms with Crippen LogP contribution < -0.4 is 15.7 Å². The number of likely N-dealkylation sites (tertiary alicyclic amines) is 1. The standard InChI is InChI=1S/C28H33F4N5O3/c1-18(2)33-25(38)17-36-26(20-6-9-23(29)24(16-20)40-3)34-37(27(36)39)22-7-4-19(5-8-22)10-13-35-14-11-21(12-15-35)28(30,31)32/h4-9,16,18,21H,10-15,17H2,1-3H3,(H,33,38). The van der Waals surface area contributed by atoms with Crippen LogP contribution in [0.25, 0.3) is 17.1 Å². The predicted molar refractivity (Wildman–Crippen MR) is 142 cm³/mol. The maximum Gasteiger partial charge on any atom is 0.391 e. The number of carbonyl (C=O) groups excluding carboxylic acids is 1. The molecule has 1 saturated heterocycles. The molecule has 0 aliphatic carbocycles. The van der Waals surface area contributed by atoms with Crippen LogP contribution in [-0.2, 0) is 17.8 Å². The summed E-state index contributed by atoms with van der Waals surface area (Å²) in [4.78, 5) is 28.0. The molecule has 1 N–H and O–H groups in total. The van der Waals surface area contributed by atoms with E-state index < -0.39 is 23.6 Å². The Morgan fingerprint density at radius 2 is 1.80 bits per heavy atom. The second-order valence-corrected chi connectivity index (χ2v) is 10.2. The fraction of sp³-hybridized carbons (Fsp3) is 0.464. The molecule has 0 radical (unpaired) electrons. The van der Waals surface area contributed by atoms with Gasteiger partial charge in [-0.3, -0.25) is 9.36 Å². The van der Waals surface area contributed by atoms with Crippen molar-refractivity contribution in [1.29, 1.82) is 0 Å². The Morgan fingerprint density at radius 3 is 2.40 bits per heavy atom. The van der Waals surface area contributed by atoms with Crippen molar-refractivity contribution in [2.24, 2.45) is 5.92 Å². The number of alkyl halides is 3. The van der Waals surface area contributed by atoms with Gasteiger partial charge in [0.1, 0.15) is 6.54 Å². The van der Waals surface area contributed by atoms with E-state index in [0.717, 1.165) is 5.56 Å². The van der Waals surface area contributed by atoms with E-state index in [1.54, 1.807) is 12.1 Å². The zero-order chi connectivity index (χ0) is 29.0. The molecule has 1 amide bonds. The van der Waals surface area contributed by atoms with E-state index in [0.29, 0.717) is 37.3 Å². The van der Waals surface area contributed by atoms with Gasteiger partial charge in [-0.1, -0.05) is 12.1 Å². The van der Waals surface area contributed by atoms with Crippen LogP contribution in [0.5, 0.6) is 5.75 Å². The summed E-state index contributed by atoms with van der Waals surface area (Å²) in [6.45, 7) is 4.80. The van der Waals surface area contributed by atoms with Crippen molar-refractivity contribution in [1.82, 2.24) is 24.6 Å². The number of carbonyl (C=O) groups is 1. The first-order valence-corrected chi connectivity index (χ1v) is 13.2. The first-order valence-electron chi connectivity index (χ1n) is 13.2. The zero-order valence-electron chi connectivity index (χ0n) is 22.7. The van der Waals surface area contributed by atoms with E-state index in [1.807, 2.05) is 30.9 Å². The zero-order valence-corrected chi connectivity index (χ0v) is 22.7. The highest BCUT2D eigenvalue weighted by molar-refractivity contribution is 5.76. The molecule has 0 unspecified atom stereocenters. The van der Waals surface area contributed by atoms with E-state index in [9.17, 15) is 27.2 Å². The summed E-state index contributed by atoms with van der Waals surface area (Å²) in [5.41, 5.74) is 1.29. The molecule has 0 atom stereocenters. The average Bonchev–Trinajstić information content (AvgIpc) is 3.23. The van der Waals surface area contributed by atoms with Crippen molar-refractivity contribution < 1.29 is 27.1 Å².